The lowest BCUT2D eigenvalue weighted by Crippen LogP contribution is -1.89. The monoisotopic (exact) mass is 222 g/mol. The molecule has 0 fully saturated rings. The van der Waals surface area contributed by atoms with E-state index in [9.17, 15) is 5.11 Å². The molecule has 0 saturated carbocycles. The van der Waals surface area contributed by atoms with Gasteiger partial charge >= 0.3 is 0 Å². The molecule has 0 bridgehead atoms. The number of aliphatic hydroxyl groups excluding tert-OH is 1. The Morgan fingerprint density at radius 1 is 1.12 bits per heavy atom. The molecule has 0 aliphatic rings. The van der Waals surface area contributed by atoms with Crippen LogP contribution in [0.3, 0.4) is 0 Å². The van der Waals surface area contributed by atoms with Gasteiger partial charge < -0.3 is 19.0 Å². The molecule has 2 aromatic rings. The molecule has 1 N–H and O–H groups in total. The Bertz CT molecular complexity index is 458. The molecule has 4 heteroatoms. The lowest BCUT2D eigenvalue weighted by Gasteiger charge is -2.06. The smallest absolute Gasteiger partial charge is 0.164 e. The Balaban J connectivity index is 2.60. The van der Waals surface area contributed by atoms with E-state index in [1.54, 1.807) is 33.3 Å². The van der Waals surface area contributed by atoms with Gasteiger partial charge in [0.15, 0.2) is 11.5 Å². The van der Waals surface area contributed by atoms with Crippen LogP contribution >= 0.6 is 0 Å². The van der Waals surface area contributed by atoms with Gasteiger partial charge in [0.25, 0.3) is 0 Å². The molecule has 0 aliphatic carbocycles. The Morgan fingerprint density at radius 2 is 1.75 bits per heavy atom. The summed E-state index contributed by atoms with van der Waals surface area (Å²) in [5.74, 6) is 1.79. The van der Waals surface area contributed by atoms with Crippen LogP contribution in [0.5, 0.6) is 11.5 Å². The number of rotatable bonds is 3. The Labute approximate surface area is 93.4 Å². The lowest BCUT2D eigenvalue weighted by atomic mass is 10.2. The number of methoxy groups -OCH3 is 2. The van der Waals surface area contributed by atoms with E-state index >= 15 is 0 Å². The summed E-state index contributed by atoms with van der Waals surface area (Å²) in [5.41, 5.74) is 0.675. The van der Waals surface area contributed by atoms with E-state index in [1.807, 2.05) is 6.07 Å². The molecule has 0 aliphatic heterocycles. The van der Waals surface area contributed by atoms with E-state index < -0.39 is 6.10 Å². The van der Waals surface area contributed by atoms with Crippen LogP contribution in [0, 0.1) is 0 Å². The van der Waals surface area contributed by atoms with Crippen molar-refractivity contribution >= 4 is 11.0 Å². The average molecular weight is 222 g/mol. The molecular weight excluding hydrogens is 208 g/mol. The van der Waals surface area contributed by atoms with Crippen LogP contribution < -0.4 is 9.47 Å². The molecule has 1 aromatic heterocycles. The van der Waals surface area contributed by atoms with Gasteiger partial charge in [-0.2, -0.15) is 0 Å². The zero-order chi connectivity index (χ0) is 11.7. The second-order valence-electron chi connectivity index (χ2n) is 3.57. The minimum atomic E-state index is -0.621. The van der Waals surface area contributed by atoms with Crippen LogP contribution in [0.25, 0.3) is 11.0 Å². The number of fused-ring (bicyclic) bond motifs is 1. The highest BCUT2D eigenvalue weighted by Gasteiger charge is 2.12. The standard InChI is InChI=1S/C12H14O4/c1-7(13)9-4-8-5-11(14-2)12(15-3)6-10(8)16-9/h4-7,13H,1-3H3/t7-/m0/s1. The first kappa shape index (κ1) is 10.8. The first-order chi connectivity index (χ1) is 7.65. The van der Waals surface area contributed by atoms with Gasteiger partial charge in [-0.15, -0.1) is 0 Å². The van der Waals surface area contributed by atoms with Crippen molar-refractivity contribution in [2.45, 2.75) is 13.0 Å². The highest BCUT2D eigenvalue weighted by atomic mass is 16.5. The van der Waals surface area contributed by atoms with E-state index in [2.05, 4.69) is 0 Å². The minimum absolute atomic E-state index is 0.533. The number of aliphatic hydroxyl groups is 1. The van der Waals surface area contributed by atoms with E-state index in [0.717, 1.165) is 5.39 Å². The maximum absolute atomic E-state index is 9.42. The molecular formula is C12H14O4. The molecule has 0 amide bonds. The predicted molar refractivity (Wildman–Crippen MR) is 60.0 cm³/mol. The van der Waals surface area contributed by atoms with Gasteiger partial charge in [-0.05, 0) is 19.1 Å². The van der Waals surface area contributed by atoms with E-state index in [4.69, 9.17) is 13.9 Å². The van der Waals surface area contributed by atoms with Gasteiger partial charge in [-0.1, -0.05) is 0 Å². The Morgan fingerprint density at radius 3 is 2.31 bits per heavy atom. The second kappa shape index (κ2) is 4.06. The van der Waals surface area contributed by atoms with Gasteiger partial charge in [0.2, 0.25) is 0 Å². The maximum atomic E-state index is 9.42. The number of hydrogen-bond acceptors (Lipinski definition) is 4. The predicted octanol–water partition coefficient (Wildman–Crippen LogP) is 2.50. The fourth-order valence-corrected chi connectivity index (χ4v) is 1.59. The van der Waals surface area contributed by atoms with Crippen molar-refractivity contribution in [2.75, 3.05) is 14.2 Å². The third-order valence-corrected chi connectivity index (χ3v) is 2.45. The fourth-order valence-electron chi connectivity index (χ4n) is 1.59. The summed E-state index contributed by atoms with van der Waals surface area (Å²) >= 11 is 0. The lowest BCUT2D eigenvalue weighted by molar-refractivity contribution is 0.172. The van der Waals surface area contributed by atoms with Gasteiger partial charge in [0.05, 0.1) is 14.2 Å². The highest BCUT2D eigenvalue weighted by Crippen LogP contribution is 2.34. The molecule has 4 nitrogen and oxygen atoms in total. The second-order valence-corrected chi connectivity index (χ2v) is 3.57. The summed E-state index contributed by atoms with van der Waals surface area (Å²) in [5, 5.41) is 10.3. The van der Waals surface area contributed by atoms with Crippen LogP contribution in [0.15, 0.2) is 22.6 Å². The maximum Gasteiger partial charge on any atom is 0.164 e. The van der Waals surface area contributed by atoms with Crippen LogP contribution in [-0.2, 0) is 0 Å². The number of hydrogen-bond donors (Lipinski definition) is 1. The normalized spacial score (nSPS) is 12.8. The molecule has 0 radical (unpaired) electrons. The zero-order valence-corrected chi connectivity index (χ0v) is 9.48. The molecule has 0 unspecified atom stereocenters. The van der Waals surface area contributed by atoms with E-state index in [0.29, 0.717) is 22.8 Å². The number of furan rings is 1. The quantitative estimate of drug-likeness (QED) is 0.866. The summed E-state index contributed by atoms with van der Waals surface area (Å²) in [6.07, 6.45) is -0.621. The third-order valence-electron chi connectivity index (χ3n) is 2.45. The Hall–Kier alpha value is -1.68. The molecule has 0 spiro atoms. The first-order valence-electron chi connectivity index (χ1n) is 4.99. The highest BCUT2D eigenvalue weighted by molar-refractivity contribution is 5.82. The van der Waals surface area contributed by atoms with Crippen LogP contribution in [-0.4, -0.2) is 19.3 Å². The van der Waals surface area contributed by atoms with Crippen LogP contribution in [0.1, 0.15) is 18.8 Å². The fraction of sp³-hybridized carbons (Fsp3) is 0.333. The number of benzene rings is 1. The molecule has 1 atom stereocenters. The van der Waals surface area contributed by atoms with E-state index in [-0.39, 0.29) is 0 Å². The molecule has 0 saturated heterocycles. The van der Waals surface area contributed by atoms with E-state index in [1.165, 1.54) is 0 Å². The van der Waals surface area contributed by atoms with Crippen molar-refractivity contribution in [1.82, 2.24) is 0 Å². The third kappa shape index (κ3) is 1.72. The van der Waals surface area contributed by atoms with Crippen molar-refractivity contribution in [2.24, 2.45) is 0 Å². The Kier molecular flexibility index (Phi) is 2.75. The van der Waals surface area contributed by atoms with Gasteiger partial charge in [0, 0.05) is 11.5 Å². The van der Waals surface area contributed by atoms with Crippen LogP contribution in [0.4, 0.5) is 0 Å². The molecule has 86 valence electrons. The zero-order valence-electron chi connectivity index (χ0n) is 9.48. The minimum Gasteiger partial charge on any atom is -0.493 e. The molecule has 1 heterocycles. The summed E-state index contributed by atoms with van der Waals surface area (Å²) in [4.78, 5) is 0. The van der Waals surface area contributed by atoms with Gasteiger partial charge in [-0.25, -0.2) is 0 Å². The van der Waals surface area contributed by atoms with Gasteiger partial charge in [0.1, 0.15) is 17.4 Å². The summed E-state index contributed by atoms with van der Waals surface area (Å²) in [7, 11) is 3.15. The topological polar surface area (TPSA) is 51.8 Å². The summed E-state index contributed by atoms with van der Waals surface area (Å²) < 4.78 is 15.8. The van der Waals surface area contributed by atoms with Crippen molar-refractivity contribution in [1.29, 1.82) is 0 Å². The van der Waals surface area contributed by atoms with Crippen molar-refractivity contribution in [3.8, 4) is 11.5 Å². The van der Waals surface area contributed by atoms with Crippen molar-refractivity contribution < 1.29 is 19.0 Å². The molecule has 16 heavy (non-hydrogen) atoms. The molecule has 2 rings (SSSR count). The van der Waals surface area contributed by atoms with Crippen LogP contribution in [0.2, 0.25) is 0 Å². The first-order valence-corrected chi connectivity index (χ1v) is 4.99. The van der Waals surface area contributed by atoms with Gasteiger partial charge in [-0.3, -0.25) is 0 Å². The van der Waals surface area contributed by atoms with Crippen molar-refractivity contribution in [3.05, 3.63) is 24.0 Å². The molecule has 1 aromatic carbocycles. The number of ether oxygens (including phenoxy) is 2. The SMILES string of the molecule is COc1cc2cc([C@H](C)O)oc2cc1OC. The summed E-state index contributed by atoms with van der Waals surface area (Å²) in [6, 6.07) is 5.37. The summed E-state index contributed by atoms with van der Waals surface area (Å²) in [6.45, 7) is 1.66. The average Bonchev–Trinajstić information content (AvgIpc) is 2.69. The largest absolute Gasteiger partial charge is 0.493 e. The van der Waals surface area contributed by atoms with Crippen molar-refractivity contribution in [3.63, 3.8) is 0 Å².